The first-order valence-electron chi connectivity index (χ1n) is 5.79. The molecule has 0 radical (unpaired) electrons. The lowest BCUT2D eigenvalue weighted by atomic mass is 9.98. The summed E-state index contributed by atoms with van der Waals surface area (Å²) in [4.78, 5) is 12.9. The van der Waals surface area contributed by atoms with E-state index >= 15 is 0 Å². The minimum atomic E-state index is -0.728. The molecule has 1 aliphatic heterocycles. The van der Waals surface area contributed by atoms with Gasteiger partial charge in [0.25, 0.3) is 0 Å². The Morgan fingerprint density at radius 2 is 2.25 bits per heavy atom. The molecule has 1 aliphatic rings. The smallest absolute Gasteiger partial charge is 0.307 e. The lowest BCUT2D eigenvalue weighted by Crippen LogP contribution is -2.43. The number of carboxylic acids is 1. The van der Waals surface area contributed by atoms with E-state index in [1.54, 1.807) is 0 Å². The Morgan fingerprint density at radius 3 is 2.88 bits per heavy atom. The zero-order valence-electron chi connectivity index (χ0n) is 10.1. The van der Waals surface area contributed by atoms with Gasteiger partial charge in [-0.3, -0.25) is 4.79 Å². The summed E-state index contributed by atoms with van der Waals surface area (Å²) >= 11 is 0. The largest absolute Gasteiger partial charge is 0.481 e. The number of ether oxygens (including phenoxy) is 1. The molecule has 0 bridgehead atoms. The van der Waals surface area contributed by atoms with Crippen LogP contribution in [0.5, 0.6) is 0 Å². The van der Waals surface area contributed by atoms with Gasteiger partial charge in [0.1, 0.15) is 0 Å². The number of hydrogen-bond acceptors (Lipinski definition) is 4. The normalized spacial score (nSPS) is 25.9. The van der Waals surface area contributed by atoms with Crippen molar-refractivity contribution < 1.29 is 14.6 Å². The molecular formula is C11H22N2O3. The second-order valence-electron chi connectivity index (χ2n) is 4.58. The van der Waals surface area contributed by atoms with E-state index in [9.17, 15) is 4.79 Å². The molecule has 1 rings (SSSR count). The molecule has 0 amide bonds. The summed E-state index contributed by atoms with van der Waals surface area (Å²) in [6.45, 7) is 3.04. The van der Waals surface area contributed by atoms with E-state index in [0.717, 1.165) is 19.5 Å². The monoisotopic (exact) mass is 230 g/mol. The van der Waals surface area contributed by atoms with E-state index in [1.807, 2.05) is 14.1 Å². The summed E-state index contributed by atoms with van der Waals surface area (Å²) in [6, 6.07) is 0. The third-order valence-electron chi connectivity index (χ3n) is 2.76. The first kappa shape index (κ1) is 13.4. The molecular weight excluding hydrogens is 208 g/mol. The van der Waals surface area contributed by atoms with Crippen molar-refractivity contribution in [3.8, 4) is 0 Å². The lowest BCUT2D eigenvalue weighted by Gasteiger charge is -2.27. The number of aliphatic carboxylic acids is 1. The molecule has 5 heteroatoms. The molecule has 0 spiro atoms. The number of rotatable bonds is 6. The highest BCUT2D eigenvalue weighted by molar-refractivity contribution is 5.70. The zero-order valence-corrected chi connectivity index (χ0v) is 10.1. The molecule has 0 aromatic heterocycles. The van der Waals surface area contributed by atoms with Crippen molar-refractivity contribution in [3.63, 3.8) is 0 Å². The Bertz CT molecular complexity index is 221. The molecule has 2 N–H and O–H groups in total. The van der Waals surface area contributed by atoms with Crippen molar-refractivity contribution >= 4 is 5.97 Å². The second kappa shape index (κ2) is 6.83. The van der Waals surface area contributed by atoms with Crippen LogP contribution in [0.3, 0.4) is 0 Å². The van der Waals surface area contributed by atoms with Crippen LogP contribution in [-0.4, -0.2) is 62.4 Å². The molecule has 0 aromatic carbocycles. The maximum absolute atomic E-state index is 10.8. The first-order valence-corrected chi connectivity index (χ1v) is 5.79. The van der Waals surface area contributed by atoms with E-state index < -0.39 is 5.97 Å². The van der Waals surface area contributed by atoms with Crippen LogP contribution in [0.15, 0.2) is 0 Å². The van der Waals surface area contributed by atoms with Crippen molar-refractivity contribution in [2.45, 2.75) is 18.9 Å². The van der Waals surface area contributed by atoms with Crippen LogP contribution in [0.4, 0.5) is 0 Å². The molecule has 2 atom stereocenters. The maximum Gasteiger partial charge on any atom is 0.307 e. The first-order chi connectivity index (χ1) is 7.59. The van der Waals surface area contributed by atoms with E-state index in [0.29, 0.717) is 19.6 Å². The molecule has 0 aromatic rings. The molecule has 1 heterocycles. The molecule has 16 heavy (non-hydrogen) atoms. The molecule has 94 valence electrons. The van der Waals surface area contributed by atoms with Gasteiger partial charge < -0.3 is 20.1 Å². The van der Waals surface area contributed by atoms with Gasteiger partial charge in [-0.25, -0.2) is 0 Å². The van der Waals surface area contributed by atoms with Crippen molar-refractivity contribution in [2.75, 3.05) is 40.3 Å². The molecule has 2 unspecified atom stereocenters. The highest BCUT2D eigenvalue weighted by Gasteiger charge is 2.26. The standard InChI is InChI=1S/C11H22N2O3/c1-13(2)4-3-5-16-10-6-9(11(14)15)7-12-8-10/h9-10,12H,3-8H2,1-2H3,(H,14,15). The Balaban J connectivity index is 2.14. The Hall–Kier alpha value is -0.650. The number of piperidine rings is 1. The number of hydrogen-bond donors (Lipinski definition) is 2. The summed E-state index contributed by atoms with van der Waals surface area (Å²) in [7, 11) is 4.06. The fourth-order valence-corrected chi connectivity index (χ4v) is 1.85. The number of carbonyl (C=O) groups is 1. The van der Waals surface area contributed by atoms with Gasteiger partial charge in [-0.2, -0.15) is 0 Å². The average Bonchev–Trinajstić information content (AvgIpc) is 2.24. The van der Waals surface area contributed by atoms with Crippen LogP contribution < -0.4 is 5.32 Å². The number of nitrogens with zero attached hydrogens (tertiary/aromatic N) is 1. The zero-order chi connectivity index (χ0) is 12.0. The third-order valence-corrected chi connectivity index (χ3v) is 2.76. The van der Waals surface area contributed by atoms with E-state index in [4.69, 9.17) is 9.84 Å². The van der Waals surface area contributed by atoms with Crippen LogP contribution in [0.2, 0.25) is 0 Å². The Morgan fingerprint density at radius 1 is 1.50 bits per heavy atom. The van der Waals surface area contributed by atoms with Gasteiger partial charge in [-0.05, 0) is 33.5 Å². The van der Waals surface area contributed by atoms with Crippen LogP contribution in [-0.2, 0) is 9.53 Å². The Kier molecular flexibility index (Phi) is 5.73. The summed E-state index contributed by atoms with van der Waals surface area (Å²) in [5.41, 5.74) is 0. The SMILES string of the molecule is CN(C)CCCOC1CNCC(C(=O)O)C1. The number of carboxylic acid groups (broad SMARTS) is 1. The molecule has 0 aliphatic carbocycles. The molecule has 0 saturated carbocycles. The maximum atomic E-state index is 10.8. The van der Waals surface area contributed by atoms with Gasteiger partial charge in [0.05, 0.1) is 12.0 Å². The summed E-state index contributed by atoms with van der Waals surface area (Å²) in [5.74, 6) is -1.03. The van der Waals surface area contributed by atoms with Crippen molar-refractivity contribution in [1.29, 1.82) is 0 Å². The van der Waals surface area contributed by atoms with Crippen LogP contribution in [0, 0.1) is 5.92 Å². The predicted octanol–water partition coefficient (Wildman–Crippen LogP) is 0.0174. The molecule has 1 fully saturated rings. The fraction of sp³-hybridized carbons (Fsp3) is 0.909. The second-order valence-corrected chi connectivity index (χ2v) is 4.58. The van der Waals surface area contributed by atoms with E-state index in [1.165, 1.54) is 0 Å². The van der Waals surface area contributed by atoms with Gasteiger partial charge in [0.15, 0.2) is 0 Å². The number of nitrogens with one attached hydrogen (secondary N) is 1. The minimum absolute atomic E-state index is 0.0528. The Labute approximate surface area is 96.8 Å². The van der Waals surface area contributed by atoms with Gasteiger partial charge in [0, 0.05) is 19.7 Å². The third kappa shape index (κ3) is 4.92. The van der Waals surface area contributed by atoms with Crippen LogP contribution >= 0.6 is 0 Å². The van der Waals surface area contributed by atoms with Crippen molar-refractivity contribution in [3.05, 3.63) is 0 Å². The minimum Gasteiger partial charge on any atom is -0.481 e. The highest BCUT2D eigenvalue weighted by atomic mass is 16.5. The summed E-state index contributed by atoms with van der Waals surface area (Å²) < 4.78 is 5.66. The highest BCUT2D eigenvalue weighted by Crippen LogP contribution is 2.13. The predicted molar refractivity (Wildman–Crippen MR) is 61.5 cm³/mol. The molecule has 1 saturated heterocycles. The van der Waals surface area contributed by atoms with Gasteiger partial charge in [-0.15, -0.1) is 0 Å². The van der Waals surface area contributed by atoms with Crippen molar-refractivity contribution in [1.82, 2.24) is 10.2 Å². The van der Waals surface area contributed by atoms with E-state index in [-0.39, 0.29) is 12.0 Å². The molecule has 5 nitrogen and oxygen atoms in total. The van der Waals surface area contributed by atoms with Crippen LogP contribution in [0.25, 0.3) is 0 Å². The van der Waals surface area contributed by atoms with Gasteiger partial charge in [0.2, 0.25) is 0 Å². The fourth-order valence-electron chi connectivity index (χ4n) is 1.85. The summed E-state index contributed by atoms with van der Waals surface area (Å²) in [5, 5.41) is 12.0. The van der Waals surface area contributed by atoms with Gasteiger partial charge in [-0.1, -0.05) is 0 Å². The van der Waals surface area contributed by atoms with Crippen molar-refractivity contribution in [2.24, 2.45) is 5.92 Å². The lowest BCUT2D eigenvalue weighted by molar-refractivity contribution is -0.144. The summed E-state index contributed by atoms with van der Waals surface area (Å²) in [6.07, 6.45) is 1.67. The van der Waals surface area contributed by atoms with E-state index in [2.05, 4.69) is 10.2 Å². The average molecular weight is 230 g/mol. The quantitative estimate of drug-likeness (QED) is 0.630. The van der Waals surface area contributed by atoms with Crippen LogP contribution in [0.1, 0.15) is 12.8 Å². The van der Waals surface area contributed by atoms with Gasteiger partial charge >= 0.3 is 5.97 Å². The topological polar surface area (TPSA) is 61.8 Å².